The van der Waals surface area contributed by atoms with Crippen molar-refractivity contribution in [3.05, 3.63) is 47.9 Å². The van der Waals surface area contributed by atoms with E-state index >= 15 is 0 Å². The van der Waals surface area contributed by atoms with Gasteiger partial charge in [0.1, 0.15) is 23.0 Å². The van der Waals surface area contributed by atoms with Crippen molar-refractivity contribution in [3.63, 3.8) is 0 Å². The van der Waals surface area contributed by atoms with Gasteiger partial charge >= 0.3 is 0 Å². The molecule has 0 aliphatic carbocycles. The van der Waals surface area contributed by atoms with Crippen molar-refractivity contribution in [2.75, 3.05) is 10.8 Å². The van der Waals surface area contributed by atoms with E-state index in [9.17, 15) is 8.42 Å². The van der Waals surface area contributed by atoms with E-state index in [2.05, 4.69) is 0 Å². The van der Waals surface area contributed by atoms with Gasteiger partial charge in [-0.2, -0.15) is 0 Å². The standard InChI is InChI=1S/C14H17NO4S/c1-3-15(12-7-5-4-6-8-12)20(17,18)14-9-13(10-16)19-11(14)2/h4-9,16H,3,10H2,1-2H3. The van der Waals surface area contributed by atoms with Gasteiger partial charge in [0.15, 0.2) is 0 Å². The molecule has 0 fully saturated rings. The van der Waals surface area contributed by atoms with Gasteiger partial charge < -0.3 is 9.52 Å². The third-order valence-corrected chi connectivity index (χ3v) is 4.99. The molecule has 1 aromatic carbocycles. The molecular weight excluding hydrogens is 278 g/mol. The minimum Gasteiger partial charge on any atom is -0.462 e. The Morgan fingerprint density at radius 3 is 2.40 bits per heavy atom. The highest BCUT2D eigenvalue weighted by Crippen LogP contribution is 2.27. The maximum absolute atomic E-state index is 12.7. The number of hydrogen-bond acceptors (Lipinski definition) is 4. The lowest BCUT2D eigenvalue weighted by Crippen LogP contribution is -2.30. The minimum absolute atomic E-state index is 0.0900. The number of hydrogen-bond donors (Lipinski definition) is 1. The third kappa shape index (κ3) is 2.57. The van der Waals surface area contributed by atoms with Gasteiger partial charge in [-0.1, -0.05) is 18.2 Å². The van der Waals surface area contributed by atoms with Crippen LogP contribution in [0.3, 0.4) is 0 Å². The molecule has 0 aliphatic rings. The van der Waals surface area contributed by atoms with Gasteiger partial charge in [-0.15, -0.1) is 0 Å². The molecule has 0 aliphatic heterocycles. The van der Waals surface area contributed by atoms with Crippen LogP contribution in [0.5, 0.6) is 0 Å². The topological polar surface area (TPSA) is 70.8 Å². The van der Waals surface area contributed by atoms with Crippen LogP contribution >= 0.6 is 0 Å². The quantitative estimate of drug-likeness (QED) is 0.918. The Bertz CT molecular complexity index is 676. The van der Waals surface area contributed by atoms with Crippen molar-refractivity contribution >= 4 is 15.7 Å². The van der Waals surface area contributed by atoms with Crippen molar-refractivity contribution in [1.29, 1.82) is 0 Å². The zero-order valence-electron chi connectivity index (χ0n) is 11.4. The van der Waals surface area contributed by atoms with Crippen LogP contribution in [0.2, 0.25) is 0 Å². The minimum atomic E-state index is -3.70. The molecule has 0 spiro atoms. The monoisotopic (exact) mass is 295 g/mol. The molecule has 6 heteroatoms. The second-order valence-corrected chi connectivity index (χ2v) is 6.13. The number of aliphatic hydroxyl groups excluding tert-OH is 1. The number of sulfonamides is 1. The smallest absolute Gasteiger partial charge is 0.267 e. The average Bonchev–Trinajstić information content (AvgIpc) is 2.82. The van der Waals surface area contributed by atoms with Gasteiger partial charge in [0.05, 0.1) is 5.69 Å². The first kappa shape index (κ1) is 14.6. The lowest BCUT2D eigenvalue weighted by molar-refractivity contribution is 0.244. The summed E-state index contributed by atoms with van der Waals surface area (Å²) in [7, 11) is -3.70. The largest absolute Gasteiger partial charge is 0.462 e. The fraction of sp³-hybridized carbons (Fsp3) is 0.286. The number of nitrogens with zero attached hydrogens (tertiary/aromatic N) is 1. The van der Waals surface area contributed by atoms with Crippen LogP contribution in [-0.2, 0) is 16.6 Å². The van der Waals surface area contributed by atoms with E-state index in [1.165, 1.54) is 10.4 Å². The zero-order chi connectivity index (χ0) is 14.8. The summed E-state index contributed by atoms with van der Waals surface area (Å²) < 4.78 is 31.9. The molecule has 0 saturated heterocycles. The highest BCUT2D eigenvalue weighted by Gasteiger charge is 2.28. The van der Waals surface area contributed by atoms with Crippen molar-refractivity contribution in [3.8, 4) is 0 Å². The van der Waals surface area contributed by atoms with E-state index in [0.717, 1.165) is 0 Å². The SMILES string of the molecule is CCN(c1ccccc1)S(=O)(=O)c1cc(CO)oc1C. The summed E-state index contributed by atoms with van der Waals surface area (Å²) in [5.74, 6) is 0.522. The van der Waals surface area contributed by atoms with Crippen LogP contribution < -0.4 is 4.31 Å². The number of furan rings is 1. The molecule has 0 radical (unpaired) electrons. The molecule has 2 rings (SSSR count). The Kier molecular flexibility index (Phi) is 4.15. The Morgan fingerprint density at radius 2 is 1.90 bits per heavy atom. The molecule has 0 unspecified atom stereocenters. The Morgan fingerprint density at radius 1 is 1.25 bits per heavy atom. The molecule has 0 bridgehead atoms. The van der Waals surface area contributed by atoms with Gasteiger partial charge in [-0.3, -0.25) is 4.31 Å². The van der Waals surface area contributed by atoms with Crippen LogP contribution in [-0.4, -0.2) is 20.1 Å². The van der Waals surface area contributed by atoms with Crippen molar-refractivity contribution in [1.82, 2.24) is 0 Å². The van der Waals surface area contributed by atoms with Gasteiger partial charge in [0.25, 0.3) is 10.0 Å². The lowest BCUT2D eigenvalue weighted by Gasteiger charge is -2.22. The van der Waals surface area contributed by atoms with Gasteiger partial charge in [-0.25, -0.2) is 8.42 Å². The summed E-state index contributed by atoms with van der Waals surface area (Å²) in [5.41, 5.74) is 0.598. The Hall–Kier alpha value is -1.79. The van der Waals surface area contributed by atoms with E-state index in [-0.39, 0.29) is 23.0 Å². The van der Waals surface area contributed by atoms with Crippen molar-refractivity contribution < 1.29 is 17.9 Å². The number of aryl methyl sites for hydroxylation is 1. The number of benzene rings is 1. The predicted octanol–water partition coefficient (Wildman–Crippen LogP) is 2.30. The van der Waals surface area contributed by atoms with E-state index in [1.807, 2.05) is 6.07 Å². The molecule has 1 N–H and O–H groups in total. The molecule has 108 valence electrons. The summed E-state index contributed by atoms with van der Waals surface area (Å²) in [4.78, 5) is 0.0900. The maximum Gasteiger partial charge on any atom is 0.267 e. The molecule has 20 heavy (non-hydrogen) atoms. The second kappa shape index (κ2) is 5.68. The van der Waals surface area contributed by atoms with Crippen LogP contribution in [0.4, 0.5) is 5.69 Å². The molecule has 5 nitrogen and oxygen atoms in total. The molecule has 1 aromatic heterocycles. The first-order chi connectivity index (χ1) is 9.50. The number of anilines is 1. The van der Waals surface area contributed by atoms with Crippen LogP contribution in [0, 0.1) is 6.92 Å². The van der Waals surface area contributed by atoms with E-state index in [0.29, 0.717) is 12.2 Å². The van der Waals surface area contributed by atoms with E-state index in [4.69, 9.17) is 9.52 Å². The fourth-order valence-electron chi connectivity index (χ4n) is 2.06. The van der Waals surface area contributed by atoms with Crippen molar-refractivity contribution in [2.45, 2.75) is 25.3 Å². The highest BCUT2D eigenvalue weighted by molar-refractivity contribution is 7.92. The number of para-hydroxylation sites is 1. The Labute approximate surface area is 118 Å². The summed E-state index contributed by atoms with van der Waals surface area (Å²) in [6.45, 7) is 3.33. The highest BCUT2D eigenvalue weighted by atomic mass is 32.2. The molecule has 1 heterocycles. The molecule has 0 amide bonds. The summed E-state index contributed by atoms with van der Waals surface area (Å²) in [5, 5.41) is 9.05. The second-order valence-electron chi connectivity index (χ2n) is 4.30. The molecular formula is C14H17NO4S. The first-order valence-electron chi connectivity index (χ1n) is 6.28. The van der Waals surface area contributed by atoms with Crippen LogP contribution in [0.25, 0.3) is 0 Å². The summed E-state index contributed by atoms with van der Waals surface area (Å²) in [6.07, 6.45) is 0. The van der Waals surface area contributed by atoms with Gasteiger partial charge in [0.2, 0.25) is 0 Å². The average molecular weight is 295 g/mol. The third-order valence-electron chi connectivity index (χ3n) is 2.98. The van der Waals surface area contributed by atoms with Crippen LogP contribution in [0.1, 0.15) is 18.4 Å². The fourth-order valence-corrected chi connectivity index (χ4v) is 3.72. The molecule has 0 atom stereocenters. The maximum atomic E-state index is 12.7. The van der Waals surface area contributed by atoms with Gasteiger partial charge in [0, 0.05) is 12.6 Å². The Balaban J connectivity index is 2.49. The normalized spacial score (nSPS) is 11.6. The first-order valence-corrected chi connectivity index (χ1v) is 7.72. The molecule has 0 saturated carbocycles. The number of aliphatic hydroxyl groups is 1. The number of rotatable bonds is 5. The van der Waals surface area contributed by atoms with Crippen LogP contribution in [0.15, 0.2) is 45.7 Å². The van der Waals surface area contributed by atoms with E-state index in [1.54, 1.807) is 38.1 Å². The summed E-state index contributed by atoms with van der Waals surface area (Å²) in [6, 6.07) is 10.3. The predicted molar refractivity (Wildman–Crippen MR) is 76.0 cm³/mol. The zero-order valence-corrected chi connectivity index (χ0v) is 12.2. The molecule has 2 aromatic rings. The lowest BCUT2D eigenvalue weighted by atomic mass is 10.3. The summed E-state index contributed by atoms with van der Waals surface area (Å²) >= 11 is 0. The van der Waals surface area contributed by atoms with Gasteiger partial charge in [-0.05, 0) is 26.0 Å². The van der Waals surface area contributed by atoms with Crippen molar-refractivity contribution in [2.24, 2.45) is 0 Å². The van der Waals surface area contributed by atoms with E-state index < -0.39 is 10.0 Å².